The molecule has 1 saturated heterocycles. The van der Waals surface area contributed by atoms with E-state index in [1.807, 2.05) is 18.2 Å². The highest BCUT2D eigenvalue weighted by molar-refractivity contribution is 7.09. The van der Waals surface area contributed by atoms with Crippen LogP contribution in [0.25, 0.3) is 0 Å². The molecule has 130 valence electrons. The fourth-order valence-corrected chi connectivity index (χ4v) is 8.69. The van der Waals surface area contributed by atoms with E-state index in [2.05, 4.69) is 84.4 Å². The summed E-state index contributed by atoms with van der Waals surface area (Å²) in [6.45, 7) is 0. The van der Waals surface area contributed by atoms with Crippen molar-refractivity contribution in [1.82, 2.24) is 4.57 Å². The van der Waals surface area contributed by atoms with E-state index < -0.39 is 8.24 Å². The monoisotopic (exact) mass is 359 g/mol. The second-order valence-corrected chi connectivity index (χ2v) is 10.4. The van der Waals surface area contributed by atoms with E-state index in [-0.39, 0.29) is 12.2 Å². The third-order valence-electron chi connectivity index (χ3n) is 5.14. The third kappa shape index (κ3) is 2.68. The van der Waals surface area contributed by atoms with Crippen LogP contribution in [0.2, 0.25) is 0 Å². The SMILES string of the molecule is CN(C1CC(=O)O1)[Si](c1ccccc1)(c1ccccc1)c1ccccc1. The molecule has 0 aliphatic carbocycles. The van der Waals surface area contributed by atoms with E-state index in [1.54, 1.807) is 0 Å². The maximum atomic E-state index is 11.5. The van der Waals surface area contributed by atoms with Gasteiger partial charge < -0.3 is 4.74 Å². The summed E-state index contributed by atoms with van der Waals surface area (Å²) in [5, 5.41) is 3.84. The summed E-state index contributed by atoms with van der Waals surface area (Å²) in [5.74, 6) is -0.126. The van der Waals surface area contributed by atoms with Crippen molar-refractivity contribution < 1.29 is 9.53 Å². The number of rotatable bonds is 5. The fraction of sp³-hybridized carbons (Fsp3) is 0.136. The number of benzene rings is 3. The lowest BCUT2D eigenvalue weighted by Crippen LogP contribution is -2.79. The first-order valence-corrected chi connectivity index (χ1v) is 10.8. The molecule has 1 aliphatic heterocycles. The molecule has 0 spiro atoms. The average molecular weight is 360 g/mol. The van der Waals surface area contributed by atoms with Crippen molar-refractivity contribution in [3.05, 3.63) is 91.0 Å². The van der Waals surface area contributed by atoms with Gasteiger partial charge in [0.05, 0.1) is 6.42 Å². The maximum absolute atomic E-state index is 11.5. The number of nitrogens with zero attached hydrogens (tertiary/aromatic N) is 1. The molecule has 1 atom stereocenters. The van der Waals surface area contributed by atoms with E-state index in [0.29, 0.717) is 6.42 Å². The quantitative estimate of drug-likeness (QED) is 0.396. The molecule has 1 aliphatic rings. The van der Waals surface area contributed by atoms with Gasteiger partial charge in [0, 0.05) is 0 Å². The Labute approximate surface area is 154 Å². The predicted octanol–water partition coefficient (Wildman–Crippen LogP) is 1.86. The summed E-state index contributed by atoms with van der Waals surface area (Å²) in [5.41, 5.74) is 0. The fourth-order valence-electron chi connectivity index (χ4n) is 3.87. The summed E-state index contributed by atoms with van der Waals surface area (Å²) in [7, 11) is -0.440. The third-order valence-corrected chi connectivity index (χ3v) is 10.00. The molecule has 0 aromatic heterocycles. The number of ether oxygens (including phenoxy) is 1. The number of hydrogen-bond donors (Lipinski definition) is 0. The average Bonchev–Trinajstić information content (AvgIpc) is 2.68. The van der Waals surface area contributed by atoms with Crippen molar-refractivity contribution in [3.63, 3.8) is 0 Å². The summed E-state index contributed by atoms with van der Waals surface area (Å²) in [6, 6.07) is 31.8. The minimum absolute atomic E-state index is 0.126. The van der Waals surface area contributed by atoms with Gasteiger partial charge in [-0.3, -0.25) is 9.36 Å². The number of cyclic esters (lactones) is 1. The molecule has 1 fully saturated rings. The lowest BCUT2D eigenvalue weighted by Gasteiger charge is -2.47. The zero-order valence-electron chi connectivity index (χ0n) is 14.7. The Morgan fingerprint density at radius 1 is 0.769 bits per heavy atom. The van der Waals surface area contributed by atoms with E-state index in [9.17, 15) is 4.79 Å². The van der Waals surface area contributed by atoms with Gasteiger partial charge in [0.1, 0.15) is 0 Å². The Morgan fingerprint density at radius 2 is 1.12 bits per heavy atom. The highest BCUT2D eigenvalue weighted by atomic mass is 28.3. The van der Waals surface area contributed by atoms with Crippen LogP contribution in [0.3, 0.4) is 0 Å². The van der Waals surface area contributed by atoms with Crippen molar-refractivity contribution in [2.45, 2.75) is 12.6 Å². The highest BCUT2D eigenvalue weighted by Crippen LogP contribution is 2.23. The molecule has 3 aromatic rings. The van der Waals surface area contributed by atoms with E-state index in [1.165, 1.54) is 15.6 Å². The van der Waals surface area contributed by atoms with Crippen LogP contribution in [0.1, 0.15) is 6.42 Å². The lowest BCUT2D eigenvalue weighted by molar-refractivity contribution is -0.180. The molecular formula is C22H21NO2Si. The first-order valence-electron chi connectivity index (χ1n) is 8.82. The Balaban J connectivity index is 1.99. The van der Waals surface area contributed by atoms with Gasteiger partial charge in [-0.2, -0.15) is 0 Å². The highest BCUT2D eigenvalue weighted by Gasteiger charge is 2.49. The molecule has 3 aromatic carbocycles. The number of carbonyl (C=O) groups excluding carboxylic acids is 1. The van der Waals surface area contributed by atoms with Crippen LogP contribution in [0.15, 0.2) is 91.0 Å². The molecular weight excluding hydrogens is 338 g/mol. The molecule has 4 heteroatoms. The van der Waals surface area contributed by atoms with Gasteiger partial charge in [0.25, 0.3) is 0 Å². The van der Waals surface area contributed by atoms with Gasteiger partial charge in [-0.05, 0) is 22.6 Å². The minimum atomic E-state index is -2.53. The van der Waals surface area contributed by atoms with E-state index in [0.717, 1.165) is 0 Å². The van der Waals surface area contributed by atoms with Crippen molar-refractivity contribution in [1.29, 1.82) is 0 Å². The zero-order valence-corrected chi connectivity index (χ0v) is 15.7. The van der Waals surface area contributed by atoms with Gasteiger partial charge in [-0.15, -0.1) is 0 Å². The van der Waals surface area contributed by atoms with Crippen molar-refractivity contribution in [3.8, 4) is 0 Å². The predicted molar refractivity (Wildman–Crippen MR) is 106 cm³/mol. The number of hydrogen-bond acceptors (Lipinski definition) is 3. The molecule has 1 unspecified atom stereocenters. The van der Waals surface area contributed by atoms with Crippen molar-refractivity contribution >= 4 is 29.8 Å². The Kier molecular flexibility index (Phi) is 4.45. The zero-order chi connectivity index (χ0) is 18.0. The summed E-state index contributed by atoms with van der Waals surface area (Å²) in [4.78, 5) is 11.5. The van der Waals surface area contributed by atoms with Crippen LogP contribution in [0.4, 0.5) is 0 Å². The Morgan fingerprint density at radius 3 is 1.42 bits per heavy atom. The van der Waals surface area contributed by atoms with Gasteiger partial charge in [0.2, 0.25) is 8.24 Å². The van der Waals surface area contributed by atoms with Gasteiger partial charge in [-0.25, -0.2) is 0 Å². The topological polar surface area (TPSA) is 29.5 Å². The summed E-state index contributed by atoms with van der Waals surface area (Å²) < 4.78 is 7.81. The lowest BCUT2D eigenvalue weighted by atomic mass is 10.3. The molecule has 4 rings (SSSR count). The summed E-state index contributed by atoms with van der Waals surface area (Å²) >= 11 is 0. The molecule has 0 amide bonds. The van der Waals surface area contributed by atoms with E-state index in [4.69, 9.17) is 4.74 Å². The smallest absolute Gasteiger partial charge is 0.312 e. The van der Waals surface area contributed by atoms with Crippen LogP contribution in [0.5, 0.6) is 0 Å². The molecule has 26 heavy (non-hydrogen) atoms. The number of carbonyl (C=O) groups is 1. The Bertz CT molecular complexity index is 779. The van der Waals surface area contributed by atoms with Crippen LogP contribution >= 0.6 is 0 Å². The number of esters is 1. The van der Waals surface area contributed by atoms with Crippen LogP contribution < -0.4 is 15.6 Å². The first-order chi connectivity index (χ1) is 12.7. The van der Waals surface area contributed by atoms with Crippen molar-refractivity contribution in [2.24, 2.45) is 0 Å². The van der Waals surface area contributed by atoms with Crippen LogP contribution in [-0.2, 0) is 9.53 Å². The largest absolute Gasteiger partial charge is 0.446 e. The van der Waals surface area contributed by atoms with Gasteiger partial charge in [0.15, 0.2) is 6.23 Å². The molecule has 3 nitrogen and oxygen atoms in total. The normalized spacial score (nSPS) is 16.8. The molecule has 0 radical (unpaired) electrons. The first kappa shape index (κ1) is 16.8. The standard InChI is InChI=1S/C22H21NO2Si/c1-23(21-17-22(24)25-21)26(18-11-5-2-6-12-18,19-13-7-3-8-14-19)20-15-9-4-10-16-20/h2-16,21H,17H2,1H3. The second-order valence-electron chi connectivity index (χ2n) is 6.57. The van der Waals surface area contributed by atoms with Gasteiger partial charge in [-0.1, -0.05) is 91.0 Å². The molecule has 1 heterocycles. The van der Waals surface area contributed by atoms with Crippen LogP contribution in [0, 0.1) is 0 Å². The second kappa shape index (κ2) is 6.90. The van der Waals surface area contributed by atoms with Gasteiger partial charge >= 0.3 is 5.97 Å². The van der Waals surface area contributed by atoms with Crippen molar-refractivity contribution in [2.75, 3.05) is 7.05 Å². The Hall–Kier alpha value is -2.69. The maximum Gasteiger partial charge on any atom is 0.312 e. The van der Waals surface area contributed by atoms with Crippen LogP contribution in [-0.4, -0.2) is 32.0 Å². The summed E-state index contributed by atoms with van der Waals surface area (Å²) in [6.07, 6.45) is 0.257. The minimum Gasteiger partial charge on any atom is -0.446 e. The molecule has 0 N–H and O–H groups in total. The van der Waals surface area contributed by atoms with E-state index >= 15 is 0 Å². The molecule has 0 bridgehead atoms. The molecule has 0 saturated carbocycles.